The molecule has 32 heavy (non-hydrogen) atoms. The average molecular weight is 446 g/mol. The quantitative estimate of drug-likeness (QED) is 0.600. The van der Waals surface area contributed by atoms with Crippen LogP contribution in [0.25, 0.3) is 5.69 Å². The third kappa shape index (κ3) is 4.66. The first-order valence-electron chi connectivity index (χ1n) is 10.1. The van der Waals surface area contributed by atoms with E-state index in [-0.39, 0.29) is 5.91 Å². The molecule has 0 saturated carbocycles. The van der Waals surface area contributed by atoms with E-state index < -0.39 is 11.9 Å². The molecule has 3 aromatic rings. The maximum atomic E-state index is 12.9. The first-order valence-corrected chi connectivity index (χ1v) is 10.1. The Kier molecular flexibility index (Phi) is 5.97. The van der Waals surface area contributed by atoms with Gasteiger partial charge in [-0.3, -0.25) is 4.79 Å². The SMILES string of the molecule is CCOc1ccnc(N2CCN(C(=O)c3ccc(-n4ccc(C(F)(F)F)n4)cc3)CC2)n1. The number of alkyl halides is 3. The molecular weight excluding hydrogens is 425 g/mol. The van der Waals surface area contributed by atoms with E-state index in [1.165, 1.54) is 6.20 Å². The van der Waals surface area contributed by atoms with Crippen molar-refractivity contribution in [3.63, 3.8) is 0 Å². The summed E-state index contributed by atoms with van der Waals surface area (Å²) < 4.78 is 44.8. The Morgan fingerprint density at radius 2 is 1.78 bits per heavy atom. The van der Waals surface area contributed by atoms with Crippen molar-refractivity contribution in [2.24, 2.45) is 0 Å². The summed E-state index contributed by atoms with van der Waals surface area (Å²) in [4.78, 5) is 25.2. The van der Waals surface area contributed by atoms with Crippen molar-refractivity contribution in [1.82, 2.24) is 24.6 Å². The van der Waals surface area contributed by atoms with Gasteiger partial charge in [0.1, 0.15) is 0 Å². The average Bonchev–Trinajstić information content (AvgIpc) is 3.30. The molecule has 0 N–H and O–H groups in total. The van der Waals surface area contributed by atoms with Crippen molar-refractivity contribution in [1.29, 1.82) is 0 Å². The fourth-order valence-electron chi connectivity index (χ4n) is 3.38. The van der Waals surface area contributed by atoms with Gasteiger partial charge in [0.25, 0.3) is 5.91 Å². The minimum atomic E-state index is -4.50. The summed E-state index contributed by atoms with van der Waals surface area (Å²) in [5.41, 5.74) is -0.0699. The van der Waals surface area contributed by atoms with Crippen LogP contribution in [0, 0.1) is 0 Å². The number of piperazine rings is 1. The highest BCUT2D eigenvalue weighted by molar-refractivity contribution is 5.94. The van der Waals surface area contributed by atoms with Gasteiger partial charge in [-0.15, -0.1) is 0 Å². The molecule has 1 aliphatic rings. The lowest BCUT2D eigenvalue weighted by molar-refractivity contribution is -0.141. The Balaban J connectivity index is 1.38. The van der Waals surface area contributed by atoms with Gasteiger partial charge in [0.15, 0.2) is 5.69 Å². The smallest absolute Gasteiger partial charge is 0.435 e. The van der Waals surface area contributed by atoms with Crippen LogP contribution in [0.2, 0.25) is 0 Å². The summed E-state index contributed by atoms with van der Waals surface area (Å²) in [6.45, 7) is 4.54. The van der Waals surface area contributed by atoms with Crippen molar-refractivity contribution in [3.05, 3.63) is 60.0 Å². The standard InChI is InChI=1S/C21H21F3N6O2/c1-2-32-18-7-9-25-20(26-18)29-13-11-28(12-14-29)19(31)15-3-5-16(6-4-15)30-10-8-17(27-30)21(22,23)24/h3-10H,2,11-14H2,1H3. The molecule has 1 aromatic carbocycles. The molecule has 0 aliphatic carbocycles. The number of hydrogen-bond donors (Lipinski definition) is 0. The number of anilines is 1. The van der Waals surface area contributed by atoms with Crippen LogP contribution in [0.4, 0.5) is 19.1 Å². The van der Waals surface area contributed by atoms with Crippen LogP contribution < -0.4 is 9.64 Å². The van der Waals surface area contributed by atoms with Crippen LogP contribution in [-0.4, -0.2) is 63.3 Å². The monoisotopic (exact) mass is 446 g/mol. The number of hydrogen-bond acceptors (Lipinski definition) is 6. The summed E-state index contributed by atoms with van der Waals surface area (Å²) in [6, 6.07) is 8.94. The minimum Gasteiger partial charge on any atom is -0.478 e. The predicted molar refractivity (Wildman–Crippen MR) is 110 cm³/mol. The summed E-state index contributed by atoms with van der Waals surface area (Å²) >= 11 is 0. The van der Waals surface area contributed by atoms with Crippen molar-refractivity contribution >= 4 is 11.9 Å². The van der Waals surface area contributed by atoms with E-state index in [1.807, 2.05) is 11.8 Å². The molecule has 4 rings (SSSR count). The van der Waals surface area contributed by atoms with Crippen LogP contribution in [0.3, 0.4) is 0 Å². The zero-order chi connectivity index (χ0) is 22.7. The zero-order valence-electron chi connectivity index (χ0n) is 17.3. The normalized spacial score (nSPS) is 14.5. The van der Waals surface area contributed by atoms with Crippen LogP contribution >= 0.6 is 0 Å². The molecule has 1 amide bonds. The van der Waals surface area contributed by atoms with Crippen LogP contribution in [-0.2, 0) is 6.18 Å². The number of carbonyl (C=O) groups excluding carboxylic acids is 1. The zero-order valence-corrected chi connectivity index (χ0v) is 17.3. The van der Waals surface area contributed by atoms with Gasteiger partial charge in [0, 0.05) is 50.2 Å². The number of aromatic nitrogens is 4. The largest absolute Gasteiger partial charge is 0.478 e. The Labute approximate surface area is 182 Å². The second-order valence-corrected chi connectivity index (χ2v) is 7.10. The summed E-state index contributed by atoms with van der Waals surface area (Å²) in [5, 5.41) is 3.54. The number of nitrogens with zero attached hydrogens (tertiary/aromatic N) is 6. The summed E-state index contributed by atoms with van der Waals surface area (Å²) in [6.07, 6.45) is -1.62. The third-order valence-corrected chi connectivity index (χ3v) is 5.02. The minimum absolute atomic E-state index is 0.142. The van der Waals surface area contributed by atoms with Gasteiger partial charge >= 0.3 is 6.18 Å². The fraction of sp³-hybridized carbons (Fsp3) is 0.333. The number of carbonyl (C=O) groups is 1. The van der Waals surface area contributed by atoms with Crippen LogP contribution in [0.15, 0.2) is 48.8 Å². The van der Waals surface area contributed by atoms with E-state index in [4.69, 9.17) is 4.74 Å². The Bertz CT molecular complexity index is 1080. The fourth-order valence-corrected chi connectivity index (χ4v) is 3.38. The van der Waals surface area contributed by atoms with E-state index >= 15 is 0 Å². The number of amides is 1. The molecule has 3 heterocycles. The first kappa shape index (κ1) is 21.6. The molecule has 1 aliphatic heterocycles. The van der Waals surface area contributed by atoms with Crippen molar-refractivity contribution < 1.29 is 22.7 Å². The molecule has 8 nitrogen and oxygen atoms in total. The van der Waals surface area contributed by atoms with Crippen molar-refractivity contribution in [2.75, 3.05) is 37.7 Å². The van der Waals surface area contributed by atoms with Gasteiger partial charge in [-0.1, -0.05) is 0 Å². The molecule has 1 fully saturated rings. The van der Waals surface area contributed by atoms with Gasteiger partial charge in [0.05, 0.1) is 12.3 Å². The number of ether oxygens (including phenoxy) is 1. The van der Waals surface area contributed by atoms with Gasteiger partial charge in [-0.05, 0) is 37.3 Å². The molecular formula is C21H21F3N6O2. The van der Waals surface area contributed by atoms with Crippen LogP contribution in [0.1, 0.15) is 23.0 Å². The van der Waals surface area contributed by atoms with E-state index in [9.17, 15) is 18.0 Å². The molecule has 0 unspecified atom stereocenters. The number of halogens is 3. The lowest BCUT2D eigenvalue weighted by Gasteiger charge is -2.34. The Morgan fingerprint density at radius 3 is 2.41 bits per heavy atom. The Morgan fingerprint density at radius 1 is 1.06 bits per heavy atom. The maximum Gasteiger partial charge on any atom is 0.435 e. The summed E-state index contributed by atoms with van der Waals surface area (Å²) in [7, 11) is 0. The first-order chi connectivity index (χ1) is 15.3. The van der Waals surface area contributed by atoms with Crippen molar-refractivity contribution in [2.45, 2.75) is 13.1 Å². The molecule has 2 aromatic heterocycles. The topological polar surface area (TPSA) is 76.4 Å². The van der Waals surface area contributed by atoms with E-state index in [0.29, 0.717) is 55.9 Å². The van der Waals surface area contributed by atoms with E-state index in [0.717, 1.165) is 10.7 Å². The second-order valence-electron chi connectivity index (χ2n) is 7.10. The molecule has 168 valence electrons. The molecule has 0 atom stereocenters. The molecule has 11 heteroatoms. The van der Waals surface area contributed by atoms with E-state index in [2.05, 4.69) is 15.1 Å². The molecule has 0 spiro atoms. The maximum absolute atomic E-state index is 12.9. The molecule has 0 radical (unpaired) electrons. The van der Waals surface area contributed by atoms with Crippen LogP contribution in [0.5, 0.6) is 5.88 Å². The van der Waals surface area contributed by atoms with Gasteiger partial charge in [-0.25, -0.2) is 9.67 Å². The second kappa shape index (κ2) is 8.85. The van der Waals surface area contributed by atoms with Gasteiger partial charge in [-0.2, -0.15) is 23.3 Å². The molecule has 0 bridgehead atoms. The van der Waals surface area contributed by atoms with E-state index in [1.54, 1.807) is 41.4 Å². The third-order valence-electron chi connectivity index (χ3n) is 5.02. The van der Waals surface area contributed by atoms with Gasteiger partial charge < -0.3 is 14.5 Å². The lowest BCUT2D eigenvalue weighted by Crippen LogP contribution is -2.49. The van der Waals surface area contributed by atoms with Gasteiger partial charge in [0.2, 0.25) is 11.8 Å². The Hall–Kier alpha value is -3.63. The number of benzene rings is 1. The molecule has 1 saturated heterocycles. The highest BCUT2D eigenvalue weighted by Gasteiger charge is 2.33. The highest BCUT2D eigenvalue weighted by atomic mass is 19.4. The highest BCUT2D eigenvalue weighted by Crippen LogP contribution is 2.28. The summed E-state index contributed by atoms with van der Waals surface area (Å²) in [5.74, 6) is 0.928. The van der Waals surface area contributed by atoms with Crippen molar-refractivity contribution in [3.8, 4) is 11.6 Å². The lowest BCUT2D eigenvalue weighted by atomic mass is 10.1. The predicted octanol–water partition coefficient (Wildman–Crippen LogP) is 3.04. The number of rotatable bonds is 5.